The van der Waals surface area contributed by atoms with Gasteiger partial charge < -0.3 is 5.11 Å². The molecule has 130 valence electrons. The van der Waals surface area contributed by atoms with Crippen LogP contribution in [-0.4, -0.2) is 15.5 Å². The van der Waals surface area contributed by atoms with Gasteiger partial charge in [0.15, 0.2) is 0 Å². The average Bonchev–Trinajstić information content (AvgIpc) is 2.95. The molecule has 0 aliphatic carbocycles. The maximum absolute atomic E-state index is 13.9. The third-order valence-electron chi connectivity index (χ3n) is 5.07. The Balaban J connectivity index is 0.00000208. The molecular formula is C20H25ClFNO. The number of halogens is 2. The first-order chi connectivity index (χ1) is 10.9. The molecule has 0 aromatic heterocycles. The van der Waals surface area contributed by atoms with Crippen LogP contribution in [0.4, 0.5) is 4.39 Å². The lowest BCUT2D eigenvalue weighted by Gasteiger charge is -2.35. The fraction of sp³-hybridized carbons (Fsp3) is 0.400. The van der Waals surface area contributed by atoms with E-state index in [1.165, 1.54) is 5.56 Å². The first kappa shape index (κ1) is 18.8. The van der Waals surface area contributed by atoms with Gasteiger partial charge in [-0.2, -0.15) is 0 Å². The summed E-state index contributed by atoms with van der Waals surface area (Å²) in [5, 5.41) is 9.63. The van der Waals surface area contributed by atoms with E-state index in [0.29, 0.717) is 12.3 Å². The predicted octanol–water partition coefficient (Wildman–Crippen LogP) is 4.99. The normalized spacial score (nSPS) is 14.3. The molecule has 1 aliphatic rings. The molecule has 0 bridgehead atoms. The molecule has 2 aromatic carbocycles. The Morgan fingerprint density at radius 1 is 1.17 bits per heavy atom. The van der Waals surface area contributed by atoms with Crippen LogP contribution in [-0.2, 0) is 19.5 Å². The van der Waals surface area contributed by atoms with Crippen LogP contribution in [0.15, 0.2) is 36.4 Å². The Labute approximate surface area is 149 Å². The summed E-state index contributed by atoms with van der Waals surface area (Å²) in [6, 6.07) is 11.2. The average molecular weight is 350 g/mol. The molecular weight excluding hydrogens is 325 g/mol. The molecule has 0 fully saturated rings. The number of fused-ring (bicyclic) bond motifs is 1. The van der Waals surface area contributed by atoms with Crippen molar-refractivity contribution < 1.29 is 9.50 Å². The minimum absolute atomic E-state index is 0. The minimum atomic E-state index is -0.0880. The van der Waals surface area contributed by atoms with E-state index in [4.69, 9.17) is 0 Å². The molecule has 0 amide bonds. The molecule has 1 aliphatic heterocycles. The Bertz CT molecular complexity index is 730. The molecule has 1 N–H and O–H groups in total. The van der Waals surface area contributed by atoms with Gasteiger partial charge in [-0.25, -0.2) is 4.39 Å². The molecule has 24 heavy (non-hydrogen) atoms. The van der Waals surface area contributed by atoms with Crippen molar-refractivity contribution in [1.82, 2.24) is 4.90 Å². The number of hydrogen-bond acceptors (Lipinski definition) is 2. The molecule has 2 nitrogen and oxygen atoms in total. The summed E-state index contributed by atoms with van der Waals surface area (Å²) in [5.41, 5.74) is 4.10. The number of rotatable bonds is 4. The lowest BCUT2D eigenvalue weighted by atomic mass is 9.93. The standard InChI is InChI=1S/C20H24FNO.ClH/c1-14-11-15(7-8-19(14)23)9-10-20(2,3)22-12-16-5-4-6-18(21)17(16)13-22;/h4-8,11,23H,9-10,12-13H2,1-3H3;1H. The van der Waals surface area contributed by atoms with E-state index < -0.39 is 0 Å². The zero-order valence-electron chi connectivity index (χ0n) is 14.5. The van der Waals surface area contributed by atoms with E-state index >= 15 is 0 Å². The van der Waals surface area contributed by atoms with Crippen LogP contribution in [0.5, 0.6) is 5.75 Å². The fourth-order valence-corrected chi connectivity index (χ4v) is 3.29. The van der Waals surface area contributed by atoms with E-state index in [0.717, 1.165) is 36.1 Å². The van der Waals surface area contributed by atoms with Gasteiger partial charge in [0.25, 0.3) is 0 Å². The number of aromatic hydroxyl groups is 1. The molecule has 0 spiro atoms. The van der Waals surface area contributed by atoms with Gasteiger partial charge in [-0.1, -0.05) is 24.3 Å². The number of nitrogens with zero attached hydrogens (tertiary/aromatic N) is 1. The first-order valence-corrected chi connectivity index (χ1v) is 8.16. The second kappa shape index (κ2) is 7.12. The summed E-state index contributed by atoms with van der Waals surface area (Å²) in [7, 11) is 0. The number of hydrogen-bond donors (Lipinski definition) is 1. The molecule has 0 unspecified atom stereocenters. The molecule has 4 heteroatoms. The second-order valence-corrected chi connectivity index (χ2v) is 7.17. The summed E-state index contributed by atoms with van der Waals surface area (Å²) >= 11 is 0. The Kier molecular flexibility index (Phi) is 5.56. The van der Waals surface area contributed by atoms with Crippen molar-refractivity contribution in [3.63, 3.8) is 0 Å². The van der Waals surface area contributed by atoms with Gasteiger partial charge >= 0.3 is 0 Å². The predicted molar refractivity (Wildman–Crippen MR) is 98.1 cm³/mol. The summed E-state index contributed by atoms with van der Waals surface area (Å²) in [4.78, 5) is 2.36. The first-order valence-electron chi connectivity index (χ1n) is 8.16. The molecule has 3 rings (SSSR count). The largest absolute Gasteiger partial charge is 0.508 e. The number of aryl methyl sites for hydroxylation is 2. The van der Waals surface area contributed by atoms with E-state index in [2.05, 4.69) is 18.7 Å². The van der Waals surface area contributed by atoms with Crippen LogP contribution in [0, 0.1) is 12.7 Å². The molecule has 0 saturated heterocycles. The van der Waals surface area contributed by atoms with Gasteiger partial charge in [-0.3, -0.25) is 4.90 Å². The zero-order chi connectivity index (χ0) is 16.6. The summed E-state index contributed by atoms with van der Waals surface area (Å²) in [6.45, 7) is 7.87. The molecule has 0 atom stereocenters. The quantitative estimate of drug-likeness (QED) is 0.840. The van der Waals surface area contributed by atoms with Crippen molar-refractivity contribution in [3.8, 4) is 5.75 Å². The summed E-state index contributed by atoms with van der Waals surface area (Å²) in [6.07, 6.45) is 1.94. The SMILES string of the molecule is Cc1cc(CCC(C)(C)N2Cc3cccc(F)c3C2)ccc1O.Cl. The van der Waals surface area contributed by atoms with E-state index in [1.54, 1.807) is 18.2 Å². The monoisotopic (exact) mass is 349 g/mol. The zero-order valence-corrected chi connectivity index (χ0v) is 15.3. The van der Waals surface area contributed by atoms with Gasteiger partial charge in [0.2, 0.25) is 0 Å². The summed E-state index contributed by atoms with van der Waals surface area (Å²) in [5.74, 6) is 0.258. The Morgan fingerprint density at radius 3 is 2.58 bits per heavy atom. The van der Waals surface area contributed by atoms with Crippen LogP contribution >= 0.6 is 12.4 Å². The maximum Gasteiger partial charge on any atom is 0.128 e. The van der Waals surface area contributed by atoms with Crippen molar-refractivity contribution in [2.75, 3.05) is 0 Å². The van der Waals surface area contributed by atoms with Crippen LogP contribution in [0.2, 0.25) is 0 Å². The van der Waals surface area contributed by atoms with Crippen LogP contribution in [0.25, 0.3) is 0 Å². The van der Waals surface area contributed by atoms with E-state index in [9.17, 15) is 9.50 Å². The van der Waals surface area contributed by atoms with Crippen molar-refractivity contribution in [2.45, 2.75) is 52.2 Å². The maximum atomic E-state index is 13.9. The Morgan fingerprint density at radius 2 is 1.92 bits per heavy atom. The Hall–Kier alpha value is -1.58. The van der Waals surface area contributed by atoms with Gasteiger partial charge in [0, 0.05) is 24.2 Å². The molecule has 0 saturated carbocycles. The smallest absolute Gasteiger partial charge is 0.128 e. The highest BCUT2D eigenvalue weighted by Crippen LogP contribution is 2.33. The minimum Gasteiger partial charge on any atom is -0.508 e. The highest BCUT2D eigenvalue weighted by Gasteiger charge is 2.32. The second-order valence-electron chi connectivity index (χ2n) is 7.17. The highest BCUT2D eigenvalue weighted by atomic mass is 35.5. The van der Waals surface area contributed by atoms with Gasteiger partial charge in [-0.05, 0) is 62.4 Å². The lowest BCUT2D eigenvalue weighted by Crippen LogP contribution is -2.40. The van der Waals surface area contributed by atoms with Gasteiger partial charge in [-0.15, -0.1) is 12.4 Å². The third kappa shape index (κ3) is 3.73. The molecule has 2 aromatic rings. The van der Waals surface area contributed by atoms with E-state index in [1.807, 2.05) is 25.1 Å². The topological polar surface area (TPSA) is 23.5 Å². The number of phenols is 1. The van der Waals surface area contributed by atoms with Crippen LogP contribution in [0.3, 0.4) is 0 Å². The van der Waals surface area contributed by atoms with Crippen LogP contribution < -0.4 is 0 Å². The van der Waals surface area contributed by atoms with Crippen molar-refractivity contribution in [2.24, 2.45) is 0 Å². The van der Waals surface area contributed by atoms with Gasteiger partial charge in [0.05, 0.1) is 0 Å². The molecule has 0 radical (unpaired) electrons. The van der Waals surface area contributed by atoms with Crippen molar-refractivity contribution in [3.05, 3.63) is 64.5 Å². The van der Waals surface area contributed by atoms with Crippen molar-refractivity contribution >= 4 is 12.4 Å². The lowest BCUT2D eigenvalue weighted by molar-refractivity contribution is 0.109. The highest BCUT2D eigenvalue weighted by molar-refractivity contribution is 5.85. The number of phenolic OH excluding ortho intramolecular Hbond substituents is 1. The fourth-order valence-electron chi connectivity index (χ4n) is 3.29. The van der Waals surface area contributed by atoms with E-state index in [-0.39, 0.29) is 23.8 Å². The van der Waals surface area contributed by atoms with Crippen LogP contribution in [0.1, 0.15) is 42.5 Å². The van der Waals surface area contributed by atoms with Gasteiger partial charge in [0.1, 0.15) is 11.6 Å². The summed E-state index contributed by atoms with van der Waals surface area (Å²) < 4.78 is 13.9. The number of benzene rings is 2. The third-order valence-corrected chi connectivity index (χ3v) is 5.07. The van der Waals surface area contributed by atoms with Crippen molar-refractivity contribution in [1.29, 1.82) is 0 Å². The molecule has 1 heterocycles.